The molecule has 3 heteroatoms. The Labute approximate surface area is 84.7 Å². The summed E-state index contributed by atoms with van der Waals surface area (Å²) in [7, 11) is 1.87. The van der Waals surface area contributed by atoms with Crippen LogP contribution >= 0.6 is 0 Å². The summed E-state index contributed by atoms with van der Waals surface area (Å²) >= 11 is 0. The topological polar surface area (TPSA) is 50.9 Å². The summed E-state index contributed by atoms with van der Waals surface area (Å²) in [6.45, 7) is 0. The van der Waals surface area contributed by atoms with E-state index in [4.69, 9.17) is 5.73 Å². The minimum atomic E-state index is 0.168. The highest BCUT2D eigenvalue weighted by Gasteiger charge is 2.24. The molecule has 2 rings (SSSR count). The molecule has 0 amide bonds. The van der Waals surface area contributed by atoms with Gasteiger partial charge in [-0.05, 0) is 24.0 Å². The van der Waals surface area contributed by atoms with Gasteiger partial charge in [0.25, 0.3) is 0 Å². The van der Waals surface area contributed by atoms with Gasteiger partial charge in [-0.1, -0.05) is 18.9 Å². The Kier molecular flexibility index (Phi) is 2.68. The van der Waals surface area contributed by atoms with Crippen molar-refractivity contribution < 1.29 is 0 Å². The Morgan fingerprint density at radius 2 is 2.36 bits per heavy atom. The summed E-state index contributed by atoms with van der Waals surface area (Å²) in [6.07, 6.45) is 5.70. The molecule has 1 aromatic rings. The van der Waals surface area contributed by atoms with Gasteiger partial charge in [-0.2, -0.15) is 0 Å². The van der Waals surface area contributed by atoms with Crippen molar-refractivity contribution >= 4 is 5.82 Å². The smallest absolute Gasteiger partial charge is 0.125 e. The molecule has 1 aliphatic carbocycles. The summed E-state index contributed by atoms with van der Waals surface area (Å²) in [5.74, 6) is 1.77. The van der Waals surface area contributed by atoms with Crippen molar-refractivity contribution in [1.29, 1.82) is 0 Å². The lowest BCUT2D eigenvalue weighted by Gasteiger charge is -2.11. The number of aromatic nitrogens is 1. The number of hydrogen-bond donors (Lipinski definition) is 2. The van der Waals surface area contributed by atoms with Gasteiger partial charge in [-0.3, -0.25) is 0 Å². The van der Waals surface area contributed by atoms with Gasteiger partial charge in [0.15, 0.2) is 0 Å². The van der Waals surface area contributed by atoms with E-state index in [2.05, 4.69) is 16.4 Å². The van der Waals surface area contributed by atoms with Crippen LogP contribution in [0.5, 0.6) is 0 Å². The molecule has 1 heterocycles. The van der Waals surface area contributed by atoms with E-state index in [1.807, 2.05) is 19.3 Å². The van der Waals surface area contributed by atoms with Crippen molar-refractivity contribution in [3.63, 3.8) is 0 Å². The highest BCUT2D eigenvalue weighted by molar-refractivity contribution is 5.35. The molecular weight excluding hydrogens is 174 g/mol. The average Bonchev–Trinajstić information content (AvgIpc) is 3.02. The van der Waals surface area contributed by atoms with Crippen molar-refractivity contribution in [2.45, 2.75) is 25.3 Å². The number of nitrogens with one attached hydrogen (secondary N) is 1. The zero-order valence-electron chi connectivity index (χ0n) is 8.53. The highest BCUT2D eigenvalue weighted by Crippen LogP contribution is 2.36. The molecule has 0 aromatic carbocycles. The van der Waals surface area contributed by atoms with Crippen molar-refractivity contribution in [3.8, 4) is 0 Å². The third kappa shape index (κ3) is 2.23. The second-order valence-corrected chi connectivity index (χ2v) is 4.01. The maximum absolute atomic E-state index is 6.07. The van der Waals surface area contributed by atoms with Crippen LogP contribution in [-0.4, -0.2) is 12.0 Å². The predicted molar refractivity (Wildman–Crippen MR) is 58.1 cm³/mol. The molecule has 0 saturated heterocycles. The lowest BCUT2D eigenvalue weighted by molar-refractivity contribution is 0.595. The van der Waals surface area contributed by atoms with Crippen molar-refractivity contribution in [1.82, 2.24) is 4.98 Å². The predicted octanol–water partition coefficient (Wildman–Crippen LogP) is 1.92. The largest absolute Gasteiger partial charge is 0.373 e. The molecule has 1 fully saturated rings. The minimum Gasteiger partial charge on any atom is -0.373 e. The van der Waals surface area contributed by atoms with Crippen LogP contribution in [0.2, 0.25) is 0 Å². The van der Waals surface area contributed by atoms with Crippen LogP contribution in [-0.2, 0) is 0 Å². The van der Waals surface area contributed by atoms with E-state index in [1.165, 1.54) is 12.8 Å². The quantitative estimate of drug-likeness (QED) is 0.764. The van der Waals surface area contributed by atoms with Crippen LogP contribution in [0.4, 0.5) is 5.82 Å². The molecule has 3 nitrogen and oxygen atoms in total. The molecule has 1 atom stereocenters. The van der Waals surface area contributed by atoms with Crippen LogP contribution < -0.4 is 11.1 Å². The zero-order chi connectivity index (χ0) is 9.97. The molecule has 0 spiro atoms. The number of pyridine rings is 1. The standard InChI is InChI=1S/C11H17N3/c1-13-11-5-4-9(7-14-11)10(12)6-8-2-3-8/h4-5,7-8,10H,2-3,6,12H2,1H3,(H,13,14)/t10-/m0/s1. The van der Waals surface area contributed by atoms with Gasteiger partial charge in [-0.25, -0.2) is 4.98 Å². The second kappa shape index (κ2) is 3.96. The molecule has 0 bridgehead atoms. The molecule has 1 saturated carbocycles. The van der Waals surface area contributed by atoms with E-state index in [0.717, 1.165) is 23.7 Å². The average molecular weight is 191 g/mol. The summed E-state index contributed by atoms with van der Waals surface area (Å²) in [5.41, 5.74) is 7.22. The first-order chi connectivity index (χ1) is 6.79. The van der Waals surface area contributed by atoms with Gasteiger partial charge in [0.05, 0.1) is 0 Å². The molecule has 0 radical (unpaired) electrons. The van der Waals surface area contributed by atoms with Crippen molar-refractivity contribution in [2.24, 2.45) is 11.7 Å². The Morgan fingerprint density at radius 3 is 2.86 bits per heavy atom. The molecule has 0 aliphatic heterocycles. The fraction of sp³-hybridized carbons (Fsp3) is 0.545. The molecule has 14 heavy (non-hydrogen) atoms. The van der Waals surface area contributed by atoms with Crippen LogP contribution in [0.3, 0.4) is 0 Å². The number of anilines is 1. The summed E-state index contributed by atoms with van der Waals surface area (Å²) in [5, 5.41) is 2.99. The maximum atomic E-state index is 6.07. The third-order valence-electron chi connectivity index (χ3n) is 2.75. The summed E-state index contributed by atoms with van der Waals surface area (Å²) in [4.78, 5) is 4.25. The van der Waals surface area contributed by atoms with Gasteiger partial charge >= 0.3 is 0 Å². The van der Waals surface area contributed by atoms with E-state index in [1.54, 1.807) is 0 Å². The lowest BCUT2D eigenvalue weighted by Crippen LogP contribution is -2.11. The molecule has 1 aromatic heterocycles. The lowest BCUT2D eigenvalue weighted by atomic mass is 10.0. The van der Waals surface area contributed by atoms with Gasteiger partial charge < -0.3 is 11.1 Å². The Morgan fingerprint density at radius 1 is 1.57 bits per heavy atom. The fourth-order valence-corrected chi connectivity index (χ4v) is 1.62. The number of nitrogens with two attached hydrogens (primary N) is 1. The Bertz CT molecular complexity index is 290. The summed E-state index contributed by atoms with van der Waals surface area (Å²) in [6, 6.07) is 4.20. The van der Waals surface area contributed by atoms with E-state index in [0.29, 0.717) is 0 Å². The van der Waals surface area contributed by atoms with Crippen molar-refractivity contribution in [3.05, 3.63) is 23.9 Å². The number of hydrogen-bond acceptors (Lipinski definition) is 3. The monoisotopic (exact) mass is 191 g/mol. The molecule has 0 unspecified atom stereocenters. The van der Waals surface area contributed by atoms with Crippen LogP contribution in [0.25, 0.3) is 0 Å². The van der Waals surface area contributed by atoms with E-state index >= 15 is 0 Å². The minimum absolute atomic E-state index is 0.168. The van der Waals surface area contributed by atoms with E-state index in [9.17, 15) is 0 Å². The molecule has 76 valence electrons. The normalized spacial score (nSPS) is 17.9. The Hall–Kier alpha value is -1.09. The third-order valence-corrected chi connectivity index (χ3v) is 2.75. The fourth-order valence-electron chi connectivity index (χ4n) is 1.62. The molecule has 3 N–H and O–H groups in total. The van der Waals surface area contributed by atoms with Crippen LogP contribution in [0, 0.1) is 5.92 Å². The SMILES string of the molecule is CNc1ccc([C@@H](N)CC2CC2)cn1. The van der Waals surface area contributed by atoms with Gasteiger partial charge in [-0.15, -0.1) is 0 Å². The maximum Gasteiger partial charge on any atom is 0.125 e. The number of rotatable bonds is 4. The van der Waals surface area contributed by atoms with Gasteiger partial charge in [0, 0.05) is 19.3 Å². The number of nitrogens with zero attached hydrogens (tertiary/aromatic N) is 1. The van der Waals surface area contributed by atoms with E-state index in [-0.39, 0.29) is 6.04 Å². The van der Waals surface area contributed by atoms with Crippen LogP contribution in [0.15, 0.2) is 18.3 Å². The molecular formula is C11H17N3. The first kappa shape index (κ1) is 9.46. The summed E-state index contributed by atoms with van der Waals surface area (Å²) < 4.78 is 0. The van der Waals surface area contributed by atoms with Gasteiger partial charge in [0.2, 0.25) is 0 Å². The van der Waals surface area contributed by atoms with Crippen molar-refractivity contribution in [2.75, 3.05) is 12.4 Å². The first-order valence-corrected chi connectivity index (χ1v) is 5.19. The highest BCUT2D eigenvalue weighted by atomic mass is 14.9. The first-order valence-electron chi connectivity index (χ1n) is 5.19. The zero-order valence-corrected chi connectivity index (χ0v) is 8.53. The second-order valence-electron chi connectivity index (χ2n) is 4.01. The molecule has 1 aliphatic rings. The van der Waals surface area contributed by atoms with Crippen LogP contribution in [0.1, 0.15) is 30.9 Å². The van der Waals surface area contributed by atoms with Gasteiger partial charge in [0.1, 0.15) is 5.82 Å². The van der Waals surface area contributed by atoms with E-state index < -0.39 is 0 Å². The Balaban J connectivity index is 1.99.